The smallest absolute Gasteiger partial charge is 0.345 e. The molecule has 2 aromatic rings. The molecule has 0 atom stereocenters. The first-order chi connectivity index (χ1) is 12.0. The second-order valence-electron chi connectivity index (χ2n) is 5.57. The Balaban J connectivity index is 2.30. The van der Waals surface area contributed by atoms with E-state index in [2.05, 4.69) is 18.3 Å². The first kappa shape index (κ1) is 18.6. The summed E-state index contributed by atoms with van der Waals surface area (Å²) in [5, 5.41) is 13.0. The van der Waals surface area contributed by atoms with Gasteiger partial charge in [0.15, 0.2) is 0 Å². The number of hydrogen-bond donors (Lipinski definition) is 2. The molecule has 0 fully saturated rings. The third kappa shape index (κ3) is 4.22. The van der Waals surface area contributed by atoms with E-state index in [-0.39, 0.29) is 6.61 Å². The highest BCUT2D eigenvalue weighted by atomic mass is 16.5. The maximum absolute atomic E-state index is 11.7. The number of carbonyl (C=O) groups excluding carboxylic acids is 1. The third-order valence-electron chi connectivity index (χ3n) is 3.98. The molecule has 134 valence electrons. The maximum atomic E-state index is 11.7. The molecule has 0 spiro atoms. The summed E-state index contributed by atoms with van der Waals surface area (Å²) in [5.74, 6) is 1.28. The van der Waals surface area contributed by atoms with Crippen molar-refractivity contribution in [1.82, 2.24) is 5.32 Å². The van der Waals surface area contributed by atoms with Crippen LogP contribution in [0.25, 0.3) is 0 Å². The summed E-state index contributed by atoms with van der Waals surface area (Å²) in [4.78, 5) is 11.7. The van der Waals surface area contributed by atoms with Crippen molar-refractivity contribution in [2.75, 3.05) is 19.2 Å². The molecule has 0 aliphatic heterocycles. The van der Waals surface area contributed by atoms with Gasteiger partial charge in [0, 0.05) is 7.05 Å². The van der Waals surface area contributed by atoms with Crippen LogP contribution in [0.15, 0.2) is 36.4 Å². The lowest BCUT2D eigenvalue weighted by Gasteiger charge is -2.20. The molecule has 2 rings (SSSR count). The zero-order valence-electron chi connectivity index (χ0n) is 15.0. The number of aryl methyl sites for hydroxylation is 2. The first-order valence-corrected chi connectivity index (χ1v) is 8.10. The molecule has 6 nitrogen and oxygen atoms in total. The van der Waals surface area contributed by atoms with Crippen LogP contribution in [0.3, 0.4) is 0 Å². The van der Waals surface area contributed by atoms with E-state index in [1.54, 1.807) is 18.2 Å². The van der Waals surface area contributed by atoms with Crippen molar-refractivity contribution >= 4 is 11.7 Å². The van der Waals surface area contributed by atoms with Gasteiger partial charge in [-0.25, -0.2) is 4.79 Å². The lowest BCUT2D eigenvalue weighted by molar-refractivity contribution is 0.205. The van der Waals surface area contributed by atoms with E-state index in [0.29, 0.717) is 22.1 Å². The Morgan fingerprint density at radius 2 is 2.00 bits per heavy atom. The Morgan fingerprint density at radius 1 is 1.24 bits per heavy atom. The Hall–Kier alpha value is -2.73. The van der Waals surface area contributed by atoms with Gasteiger partial charge in [0.25, 0.3) is 0 Å². The molecular weight excluding hydrogens is 320 g/mol. The van der Waals surface area contributed by atoms with Crippen molar-refractivity contribution in [3.8, 4) is 11.5 Å². The van der Waals surface area contributed by atoms with Crippen LogP contribution in [0.5, 0.6) is 11.5 Å². The van der Waals surface area contributed by atoms with Gasteiger partial charge in [0.05, 0.1) is 18.4 Å². The number of benzene rings is 2. The van der Waals surface area contributed by atoms with E-state index in [9.17, 15) is 10.0 Å². The lowest BCUT2D eigenvalue weighted by atomic mass is 10.1. The molecule has 6 heteroatoms. The van der Waals surface area contributed by atoms with Gasteiger partial charge >= 0.3 is 6.03 Å². The van der Waals surface area contributed by atoms with Crippen molar-refractivity contribution in [3.05, 3.63) is 53.1 Å². The van der Waals surface area contributed by atoms with Crippen LogP contribution in [0.1, 0.15) is 23.6 Å². The number of nitrogens with zero attached hydrogens (tertiary/aromatic N) is 1. The number of urea groups is 1. The molecule has 2 N–H and O–H groups in total. The van der Waals surface area contributed by atoms with Gasteiger partial charge in [0.1, 0.15) is 18.1 Å². The van der Waals surface area contributed by atoms with Crippen LogP contribution in [-0.2, 0) is 13.0 Å². The van der Waals surface area contributed by atoms with Crippen LogP contribution in [-0.4, -0.2) is 25.4 Å². The highest BCUT2D eigenvalue weighted by Crippen LogP contribution is 2.31. The number of anilines is 1. The zero-order valence-corrected chi connectivity index (χ0v) is 15.0. The molecule has 25 heavy (non-hydrogen) atoms. The lowest BCUT2D eigenvalue weighted by Crippen LogP contribution is -2.36. The van der Waals surface area contributed by atoms with Crippen LogP contribution in [0, 0.1) is 6.92 Å². The monoisotopic (exact) mass is 344 g/mol. The fraction of sp³-hybridized carbons (Fsp3) is 0.316. The Kier molecular flexibility index (Phi) is 6.25. The van der Waals surface area contributed by atoms with Crippen LogP contribution in [0.4, 0.5) is 10.5 Å². The number of rotatable bonds is 6. The van der Waals surface area contributed by atoms with E-state index < -0.39 is 6.03 Å². The molecular formula is C19H24N2O4. The molecule has 2 aromatic carbocycles. The molecule has 0 heterocycles. The molecule has 2 amide bonds. The number of hydroxylamine groups is 1. The van der Waals surface area contributed by atoms with E-state index >= 15 is 0 Å². The number of amides is 2. The number of carbonyl (C=O) groups is 1. The highest BCUT2D eigenvalue weighted by molar-refractivity contribution is 5.90. The fourth-order valence-corrected chi connectivity index (χ4v) is 2.55. The molecule has 0 unspecified atom stereocenters. The average molecular weight is 344 g/mol. The summed E-state index contributed by atoms with van der Waals surface area (Å²) >= 11 is 0. The van der Waals surface area contributed by atoms with Crippen molar-refractivity contribution in [2.24, 2.45) is 0 Å². The van der Waals surface area contributed by atoms with Crippen molar-refractivity contribution in [3.63, 3.8) is 0 Å². The Morgan fingerprint density at radius 3 is 2.60 bits per heavy atom. The summed E-state index contributed by atoms with van der Waals surface area (Å²) in [6.07, 6.45) is 0.962. The van der Waals surface area contributed by atoms with Gasteiger partial charge < -0.3 is 14.8 Å². The van der Waals surface area contributed by atoms with E-state index in [4.69, 9.17) is 9.47 Å². The van der Waals surface area contributed by atoms with Crippen LogP contribution in [0.2, 0.25) is 0 Å². The summed E-state index contributed by atoms with van der Waals surface area (Å²) in [6.45, 7) is 4.24. The second-order valence-corrected chi connectivity index (χ2v) is 5.57. The van der Waals surface area contributed by atoms with Crippen molar-refractivity contribution < 1.29 is 19.5 Å². The number of ether oxygens (including phenoxy) is 2. The Bertz CT molecular complexity index is 746. The first-order valence-electron chi connectivity index (χ1n) is 8.10. The molecule has 0 aliphatic rings. The number of hydrogen-bond acceptors (Lipinski definition) is 4. The van der Waals surface area contributed by atoms with E-state index in [1.807, 2.05) is 19.1 Å². The molecule has 0 aromatic heterocycles. The van der Waals surface area contributed by atoms with E-state index in [1.165, 1.54) is 19.7 Å². The second kappa shape index (κ2) is 8.39. The molecule has 0 aliphatic carbocycles. The predicted octanol–water partition coefficient (Wildman–Crippen LogP) is 3.68. The van der Waals surface area contributed by atoms with Crippen molar-refractivity contribution in [1.29, 1.82) is 0 Å². The molecule has 0 saturated heterocycles. The molecule has 0 radical (unpaired) electrons. The summed E-state index contributed by atoms with van der Waals surface area (Å²) in [7, 11) is 2.98. The topological polar surface area (TPSA) is 71.0 Å². The van der Waals surface area contributed by atoms with E-state index in [0.717, 1.165) is 17.7 Å². The predicted molar refractivity (Wildman–Crippen MR) is 96.6 cm³/mol. The van der Waals surface area contributed by atoms with Gasteiger partial charge in [-0.2, -0.15) is 5.06 Å². The average Bonchev–Trinajstić information content (AvgIpc) is 2.65. The Labute approximate surface area is 147 Å². The molecule has 0 saturated carbocycles. The van der Waals surface area contributed by atoms with Gasteiger partial charge in [0.2, 0.25) is 0 Å². The number of nitrogens with one attached hydrogen (secondary N) is 1. The minimum Gasteiger partial charge on any atom is -0.496 e. The summed E-state index contributed by atoms with van der Waals surface area (Å²) in [5.41, 5.74) is 3.16. The maximum Gasteiger partial charge on any atom is 0.345 e. The van der Waals surface area contributed by atoms with Gasteiger partial charge in [-0.1, -0.05) is 25.1 Å². The minimum atomic E-state index is -0.641. The summed E-state index contributed by atoms with van der Waals surface area (Å²) < 4.78 is 11.3. The normalized spacial score (nSPS) is 10.3. The fourth-order valence-electron chi connectivity index (χ4n) is 2.55. The molecule has 0 bridgehead atoms. The van der Waals surface area contributed by atoms with Gasteiger partial charge in [-0.05, 0) is 42.7 Å². The van der Waals surface area contributed by atoms with Crippen LogP contribution < -0.4 is 19.9 Å². The number of methoxy groups -OCH3 is 1. The largest absolute Gasteiger partial charge is 0.496 e. The van der Waals surface area contributed by atoms with Gasteiger partial charge in [-0.3, -0.25) is 5.21 Å². The van der Waals surface area contributed by atoms with Gasteiger partial charge in [-0.15, -0.1) is 0 Å². The third-order valence-corrected chi connectivity index (χ3v) is 3.98. The summed E-state index contributed by atoms with van der Waals surface area (Å²) in [6, 6.07) is 10.5. The van der Waals surface area contributed by atoms with Crippen LogP contribution >= 0.6 is 0 Å². The minimum absolute atomic E-state index is 0.152. The zero-order chi connectivity index (χ0) is 18.4. The standard InChI is InChI=1S/C19H24N2O4/c1-5-14-9-10-17(13(2)11-14)25-12-15-16(21(23)19(22)20-3)7-6-8-18(15)24-4/h6-11,23H,5,12H2,1-4H3,(H,20,22). The SMILES string of the molecule is CCc1ccc(OCc2c(OC)cccc2N(O)C(=O)NC)c(C)c1. The van der Waals surface area contributed by atoms with Crippen molar-refractivity contribution in [2.45, 2.75) is 26.9 Å². The highest BCUT2D eigenvalue weighted by Gasteiger charge is 2.19. The quantitative estimate of drug-likeness (QED) is 0.619.